The van der Waals surface area contributed by atoms with Crippen molar-refractivity contribution in [1.82, 2.24) is 0 Å². The zero-order valence-corrected chi connectivity index (χ0v) is 27.0. The van der Waals surface area contributed by atoms with E-state index in [2.05, 4.69) is 134 Å². The molecule has 49 heavy (non-hydrogen) atoms. The number of benzene rings is 7. The number of halogens is 3. The van der Waals surface area contributed by atoms with Gasteiger partial charge in [0.1, 0.15) is 0 Å². The molecule has 0 bridgehead atoms. The third-order valence-electron chi connectivity index (χ3n) is 9.95. The van der Waals surface area contributed by atoms with Crippen molar-refractivity contribution in [3.63, 3.8) is 0 Å². The Hall–Kier alpha value is -5.67. The lowest BCUT2D eigenvalue weighted by Crippen LogP contribution is -2.28. The second kappa shape index (κ2) is 12.1. The molecule has 0 spiro atoms. The first-order valence-electron chi connectivity index (χ1n) is 16.5. The fraction of sp³-hybridized carbons (Fsp3) is 0.0870. The molecule has 7 aromatic carbocycles. The normalized spacial score (nSPS) is 13.7. The van der Waals surface area contributed by atoms with Crippen LogP contribution in [0.15, 0.2) is 164 Å². The third kappa shape index (κ3) is 5.27. The Kier molecular flexibility index (Phi) is 7.56. The van der Waals surface area contributed by atoms with Crippen LogP contribution in [0.3, 0.4) is 0 Å². The fourth-order valence-electron chi connectivity index (χ4n) is 7.75. The van der Waals surface area contributed by atoms with E-state index in [1.807, 2.05) is 18.2 Å². The predicted molar refractivity (Wildman–Crippen MR) is 195 cm³/mol. The van der Waals surface area contributed by atoms with Gasteiger partial charge in [-0.15, -0.1) is 0 Å². The maximum atomic E-state index is 13.3. The minimum atomic E-state index is -4.37. The molecular weight excluding hydrogens is 610 g/mol. The summed E-state index contributed by atoms with van der Waals surface area (Å²) in [6.07, 6.45) is -1.68. The summed E-state index contributed by atoms with van der Waals surface area (Å²) in [4.78, 5) is 0. The van der Waals surface area contributed by atoms with Crippen LogP contribution in [-0.4, -0.2) is 0 Å². The molecule has 0 radical (unpaired) electrons. The second-order valence-electron chi connectivity index (χ2n) is 12.9. The molecule has 0 N–H and O–H groups in total. The number of alkyl halides is 3. The number of allylic oxidation sites excluding steroid dienone is 1. The van der Waals surface area contributed by atoms with Crippen LogP contribution in [0.1, 0.15) is 50.1 Å². The van der Waals surface area contributed by atoms with Crippen LogP contribution in [0, 0.1) is 6.92 Å². The third-order valence-corrected chi connectivity index (χ3v) is 9.95. The van der Waals surface area contributed by atoms with Gasteiger partial charge in [0.05, 0.1) is 11.0 Å². The van der Waals surface area contributed by atoms with Crippen LogP contribution in [0.25, 0.3) is 33.5 Å². The van der Waals surface area contributed by atoms with Crippen molar-refractivity contribution in [2.75, 3.05) is 0 Å². The average Bonchev–Trinajstić information content (AvgIpc) is 3.42. The van der Waals surface area contributed by atoms with Crippen molar-refractivity contribution in [1.29, 1.82) is 0 Å². The molecule has 8 rings (SSSR count). The first-order valence-corrected chi connectivity index (χ1v) is 16.5. The van der Waals surface area contributed by atoms with E-state index in [0.717, 1.165) is 22.3 Å². The zero-order chi connectivity index (χ0) is 33.6. The van der Waals surface area contributed by atoms with Crippen molar-refractivity contribution in [3.05, 3.63) is 214 Å². The molecule has 0 unspecified atom stereocenters. The molecule has 0 heterocycles. The molecule has 0 atom stereocenters. The van der Waals surface area contributed by atoms with Crippen LogP contribution in [0.4, 0.5) is 13.2 Å². The SMILES string of the molecule is Cc1cc2c(c3ccccc13)-c1ccc(/C=C(/Cc3ccc(C(F)(F)F)cc3)c3ccccc3)cc1C2(c1ccccc1)c1ccccc1. The van der Waals surface area contributed by atoms with Gasteiger partial charge in [-0.1, -0.05) is 152 Å². The Bertz CT molecular complexity index is 2280. The van der Waals surface area contributed by atoms with Gasteiger partial charge in [-0.05, 0) is 104 Å². The van der Waals surface area contributed by atoms with Gasteiger partial charge in [0.25, 0.3) is 0 Å². The molecule has 0 aliphatic heterocycles. The van der Waals surface area contributed by atoms with Crippen LogP contribution < -0.4 is 0 Å². The molecule has 0 nitrogen and oxygen atoms in total. The van der Waals surface area contributed by atoms with E-state index in [-0.39, 0.29) is 0 Å². The van der Waals surface area contributed by atoms with E-state index in [0.29, 0.717) is 6.42 Å². The number of fused-ring (bicyclic) bond motifs is 5. The highest BCUT2D eigenvalue weighted by Crippen LogP contribution is 2.58. The summed E-state index contributed by atoms with van der Waals surface area (Å²) in [7, 11) is 0. The molecule has 1 aliphatic carbocycles. The number of aryl methyl sites for hydroxylation is 1. The number of hydrogen-bond donors (Lipinski definition) is 0. The Morgan fingerprint density at radius 2 is 1.16 bits per heavy atom. The predicted octanol–water partition coefficient (Wildman–Crippen LogP) is 12.3. The van der Waals surface area contributed by atoms with E-state index in [4.69, 9.17) is 0 Å². The van der Waals surface area contributed by atoms with Crippen LogP contribution >= 0.6 is 0 Å². The fourth-order valence-corrected chi connectivity index (χ4v) is 7.75. The van der Waals surface area contributed by atoms with E-state index < -0.39 is 17.2 Å². The van der Waals surface area contributed by atoms with E-state index in [9.17, 15) is 13.2 Å². The van der Waals surface area contributed by atoms with Gasteiger partial charge in [-0.25, -0.2) is 0 Å². The van der Waals surface area contributed by atoms with E-state index >= 15 is 0 Å². The van der Waals surface area contributed by atoms with Crippen LogP contribution in [0.5, 0.6) is 0 Å². The van der Waals surface area contributed by atoms with Gasteiger partial charge in [-0.3, -0.25) is 0 Å². The molecule has 0 saturated heterocycles. The lowest BCUT2D eigenvalue weighted by Gasteiger charge is -2.34. The van der Waals surface area contributed by atoms with Gasteiger partial charge in [0.2, 0.25) is 0 Å². The van der Waals surface area contributed by atoms with Crippen LogP contribution in [0.2, 0.25) is 0 Å². The van der Waals surface area contributed by atoms with Crippen molar-refractivity contribution < 1.29 is 13.2 Å². The van der Waals surface area contributed by atoms with Gasteiger partial charge in [0.15, 0.2) is 0 Å². The largest absolute Gasteiger partial charge is 0.416 e. The number of hydrogen-bond acceptors (Lipinski definition) is 0. The van der Waals surface area contributed by atoms with Gasteiger partial charge >= 0.3 is 6.18 Å². The Morgan fingerprint density at radius 1 is 0.592 bits per heavy atom. The maximum absolute atomic E-state index is 13.3. The minimum Gasteiger partial charge on any atom is -0.166 e. The molecule has 0 fully saturated rings. The summed E-state index contributed by atoms with van der Waals surface area (Å²) in [5.41, 5.74) is 11.3. The Labute approximate surface area is 284 Å². The maximum Gasteiger partial charge on any atom is 0.416 e. The standard InChI is InChI=1S/C46H33F3/c1-31-27-43-44(40-20-12-11-19-39(31)40)41-26-23-33(30-42(41)45(43,36-15-7-3-8-16-36)37-17-9-4-10-18-37)29-35(34-13-5-2-6-14-34)28-32-21-24-38(25-22-32)46(47,48)49/h2-27,29-30H,28H2,1H3/b35-29-. The smallest absolute Gasteiger partial charge is 0.166 e. The van der Waals surface area contributed by atoms with Gasteiger partial charge in [0, 0.05) is 0 Å². The molecule has 3 heteroatoms. The lowest BCUT2D eigenvalue weighted by atomic mass is 9.67. The Morgan fingerprint density at radius 3 is 1.78 bits per heavy atom. The Balaban J connectivity index is 1.37. The molecule has 0 aromatic heterocycles. The van der Waals surface area contributed by atoms with Crippen molar-refractivity contribution in [2.45, 2.75) is 24.9 Å². The molecule has 7 aromatic rings. The van der Waals surface area contributed by atoms with Crippen LogP contribution in [-0.2, 0) is 18.0 Å². The van der Waals surface area contributed by atoms with Crippen molar-refractivity contribution in [2.24, 2.45) is 0 Å². The van der Waals surface area contributed by atoms with Crippen molar-refractivity contribution >= 4 is 22.4 Å². The summed E-state index contributed by atoms with van der Waals surface area (Å²) in [6, 6.07) is 55.0. The molecular formula is C46H33F3. The second-order valence-corrected chi connectivity index (χ2v) is 12.9. The highest BCUT2D eigenvalue weighted by Gasteiger charge is 2.47. The summed E-state index contributed by atoms with van der Waals surface area (Å²) in [5.74, 6) is 0. The quantitative estimate of drug-likeness (QED) is 0.158. The summed E-state index contributed by atoms with van der Waals surface area (Å²) in [5, 5.41) is 2.49. The lowest BCUT2D eigenvalue weighted by molar-refractivity contribution is -0.137. The molecule has 0 amide bonds. The zero-order valence-electron chi connectivity index (χ0n) is 27.0. The highest BCUT2D eigenvalue weighted by molar-refractivity contribution is 6.05. The molecule has 238 valence electrons. The topological polar surface area (TPSA) is 0 Å². The molecule has 1 aliphatic rings. The van der Waals surface area contributed by atoms with E-state index in [1.165, 1.54) is 61.8 Å². The highest BCUT2D eigenvalue weighted by atomic mass is 19.4. The van der Waals surface area contributed by atoms with Gasteiger partial charge < -0.3 is 0 Å². The first kappa shape index (κ1) is 30.7. The monoisotopic (exact) mass is 642 g/mol. The van der Waals surface area contributed by atoms with E-state index in [1.54, 1.807) is 12.1 Å². The summed E-state index contributed by atoms with van der Waals surface area (Å²) >= 11 is 0. The minimum absolute atomic E-state index is 0.492. The number of rotatable bonds is 6. The first-order chi connectivity index (χ1) is 23.8. The summed E-state index contributed by atoms with van der Waals surface area (Å²) < 4.78 is 40.0. The van der Waals surface area contributed by atoms with Crippen molar-refractivity contribution in [3.8, 4) is 11.1 Å². The van der Waals surface area contributed by atoms with Gasteiger partial charge in [-0.2, -0.15) is 13.2 Å². The average molecular weight is 643 g/mol. The summed E-state index contributed by atoms with van der Waals surface area (Å²) in [6.45, 7) is 2.20. The molecule has 0 saturated carbocycles.